The molecule has 0 radical (unpaired) electrons. The van der Waals surface area contributed by atoms with Gasteiger partial charge >= 0.3 is 17.1 Å². The molecule has 75 heavy (non-hydrogen) atoms. The summed E-state index contributed by atoms with van der Waals surface area (Å²) in [6.07, 6.45) is 2.55. The fourth-order valence-corrected chi connectivity index (χ4v) is 35.8. The van der Waals surface area contributed by atoms with Gasteiger partial charge < -0.3 is 74.4 Å². The van der Waals surface area contributed by atoms with Gasteiger partial charge in [-0.2, -0.15) is 0 Å². The normalized spacial score (nSPS) is 18.0. The Bertz CT molecular complexity index is 1320. The fourth-order valence-electron chi connectivity index (χ4n) is 7.84. The lowest BCUT2D eigenvalue weighted by Gasteiger charge is -2.39. The topological polar surface area (TPSA) is 213 Å². The summed E-state index contributed by atoms with van der Waals surface area (Å²) in [7, 11) is -11.9. The Labute approximate surface area is 464 Å². The summed E-state index contributed by atoms with van der Waals surface area (Å²) < 4.78 is 76.7. The number of epoxide rings is 1. The third-order valence-electron chi connectivity index (χ3n) is 10.9. The minimum absolute atomic E-state index is 0.0133. The van der Waals surface area contributed by atoms with Gasteiger partial charge in [0, 0.05) is 26.4 Å². The minimum atomic E-state index is -2.28. The van der Waals surface area contributed by atoms with Crippen LogP contribution in [0.15, 0.2) is 0 Å². The summed E-state index contributed by atoms with van der Waals surface area (Å²) >= 11 is 0. The van der Waals surface area contributed by atoms with E-state index >= 15 is 0 Å². The number of aliphatic hydroxyl groups is 3. The van der Waals surface area contributed by atoms with E-state index in [1.807, 2.05) is 27.7 Å². The Morgan fingerprint density at radius 3 is 0.853 bits per heavy atom. The van der Waals surface area contributed by atoms with Crippen LogP contribution in [0.1, 0.15) is 88.0 Å². The zero-order valence-electron chi connectivity index (χ0n) is 51.5. The molecule has 0 aliphatic carbocycles. The molecule has 0 aromatic heterocycles. The van der Waals surface area contributed by atoms with E-state index in [4.69, 9.17) is 64.3 Å². The van der Waals surface area contributed by atoms with Gasteiger partial charge in [0.15, 0.2) is 33.3 Å². The summed E-state index contributed by atoms with van der Waals surface area (Å²) in [4.78, 5) is 4.21. The second-order valence-corrected chi connectivity index (χ2v) is 49.1. The van der Waals surface area contributed by atoms with Crippen molar-refractivity contribution in [1.82, 2.24) is 0 Å². The Kier molecular flexibility index (Phi) is 43.0. The van der Waals surface area contributed by atoms with Crippen LogP contribution in [0.2, 0.25) is 103 Å². The molecule has 1 fully saturated rings. The maximum Gasteiger partial charge on any atom is 0.311 e. The van der Waals surface area contributed by atoms with Gasteiger partial charge in [-0.05, 0) is 191 Å². The van der Waals surface area contributed by atoms with Crippen molar-refractivity contribution in [2.24, 2.45) is 0 Å². The third kappa shape index (κ3) is 53.6. The van der Waals surface area contributed by atoms with Gasteiger partial charge in [-0.1, -0.05) is 0 Å². The Morgan fingerprint density at radius 2 is 0.613 bits per heavy atom. The second-order valence-electron chi connectivity index (χ2n) is 24.1. The van der Waals surface area contributed by atoms with Gasteiger partial charge in [-0.3, -0.25) is 5.26 Å². The molecule has 1 aliphatic rings. The van der Waals surface area contributed by atoms with Gasteiger partial charge in [-0.15, -0.1) is 0 Å². The quantitative estimate of drug-likeness (QED) is 0.0147. The molecule has 1 saturated heterocycles. The van der Waals surface area contributed by atoms with E-state index in [1.165, 1.54) is 0 Å². The van der Waals surface area contributed by atoms with E-state index in [-0.39, 0.29) is 30.5 Å². The minimum Gasteiger partial charge on any atom is -0.437 e. The zero-order valence-corrected chi connectivity index (χ0v) is 57.5. The number of aliphatic hydroxyl groups excluding tert-OH is 3. The van der Waals surface area contributed by atoms with Gasteiger partial charge in [0.2, 0.25) is 0 Å². The highest BCUT2D eigenvalue weighted by Crippen LogP contribution is 2.28. The van der Waals surface area contributed by atoms with Gasteiger partial charge in [0.1, 0.15) is 6.10 Å². The Hall–Kier alpha value is 0.581. The van der Waals surface area contributed by atoms with E-state index in [0.29, 0.717) is 85.4 Å². The predicted octanol–water partition coefficient (Wildman–Crippen LogP) is 9.94. The van der Waals surface area contributed by atoms with Crippen LogP contribution >= 0.6 is 0 Å². The molecule has 24 heteroatoms. The van der Waals surface area contributed by atoms with Crippen molar-refractivity contribution in [3.8, 4) is 0 Å². The van der Waals surface area contributed by atoms with E-state index in [2.05, 4.69) is 90.4 Å². The number of rotatable bonds is 45. The standard InChI is InChI=1S/C30H68O11Si3.C18H44O6Si3.C3H6O/c1-25(31)19-35-28(4)22-36-26(2)20-33-15-13-17-42(7,8)40-44(11,12)41-43(9,10)18-14-16-34-21-27(3)37-23-29(5)38-24-30(6)39-32;1-17(19)15-21-11-9-13-25(3,4)23-27(7,8)24-26(5,6)14-10-12-22-16-18(2)20;1-3-2-4-3/h25-32H,13-24H2,1-12H3;17-20H,9-16H2,1-8H3;3H,2H2,1H3. The lowest BCUT2D eigenvalue weighted by atomic mass is 10.4. The van der Waals surface area contributed by atoms with Crippen LogP contribution in [-0.4, -0.2) is 212 Å². The SMILES string of the molecule is CC(O)COC(C)COC(C)COCCC[Si](C)(C)O[Si](C)(C)O[Si](C)(C)CCCOCC(C)OCC(C)OCC(C)OO.CC(O)COCCC[Si](C)(C)O[Si](C)(C)O[Si](C)(C)CCCOCC(C)O.CC1CO1. The molecule has 1 aliphatic heterocycles. The van der Waals surface area contributed by atoms with E-state index in [9.17, 15) is 15.3 Å². The van der Waals surface area contributed by atoms with Crippen molar-refractivity contribution in [2.45, 2.75) is 246 Å². The molecule has 1 rings (SSSR count). The van der Waals surface area contributed by atoms with E-state index < -0.39 is 68.7 Å². The Balaban J connectivity index is 0. The van der Waals surface area contributed by atoms with Gasteiger partial charge in [0.05, 0.1) is 108 Å². The first-order valence-corrected chi connectivity index (χ1v) is 46.1. The summed E-state index contributed by atoms with van der Waals surface area (Å²) in [5.41, 5.74) is 0. The average Bonchev–Trinajstić information content (AvgIpc) is 4.05. The first kappa shape index (κ1) is 77.6. The van der Waals surface area contributed by atoms with Gasteiger partial charge in [0.25, 0.3) is 0 Å². The molecule has 0 aromatic carbocycles. The van der Waals surface area contributed by atoms with Crippen LogP contribution in [-0.2, 0) is 64.0 Å². The summed E-state index contributed by atoms with van der Waals surface area (Å²) in [5.74, 6) is 0. The van der Waals surface area contributed by atoms with Crippen molar-refractivity contribution in [3.63, 3.8) is 0 Å². The van der Waals surface area contributed by atoms with Crippen molar-refractivity contribution < 1.29 is 84.6 Å². The van der Waals surface area contributed by atoms with E-state index in [0.717, 1.165) is 56.5 Å². The summed E-state index contributed by atoms with van der Waals surface area (Å²) in [5, 5.41) is 36.4. The van der Waals surface area contributed by atoms with Crippen molar-refractivity contribution in [1.29, 1.82) is 0 Å². The molecule has 1 heterocycles. The van der Waals surface area contributed by atoms with Crippen molar-refractivity contribution >= 4 is 50.4 Å². The predicted molar refractivity (Wildman–Crippen MR) is 315 cm³/mol. The van der Waals surface area contributed by atoms with Crippen LogP contribution < -0.4 is 0 Å². The molecule has 0 spiro atoms. The molecule has 0 aromatic rings. The number of hydrogen-bond donors (Lipinski definition) is 4. The lowest BCUT2D eigenvalue weighted by molar-refractivity contribution is -0.284. The third-order valence-corrected chi connectivity index (χ3v) is 33.9. The number of ether oxygens (including phenoxy) is 9. The molecule has 9 unspecified atom stereocenters. The number of hydrogen-bond acceptors (Lipinski definition) is 18. The second kappa shape index (κ2) is 41.6. The lowest BCUT2D eigenvalue weighted by Crippen LogP contribution is -2.52. The summed E-state index contributed by atoms with van der Waals surface area (Å²) in [6, 6.07) is 4.09. The van der Waals surface area contributed by atoms with Crippen LogP contribution in [0.5, 0.6) is 0 Å². The molecule has 18 nitrogen and oxygen atoms in total. The molecule has 9 atom stereocenters. The highest BCUT2D eigenvalue weighted by atomic mass is 28.5. The monoisotopic (exact) mass is 1190 g/mol. The van der Waals surface area contributed by atoms with Crippen LogP contribution in [0.25, 0.3) is 0 Å². The van der Waals surface area contributed by atoms with E-state index in [1.54, 1.807) is 27.7 Å². The smallest absolute Gasteiger partial charge is 0.311 e. The molecule has 454 valence electrons. The fraction of sp³-hybridized carbons (Fsp3) is 1.00. The van der Waals surface area contributed by atoms with Crippen molar-refractivity contribution in [3.05, 3.63) is 0 Å². The molecule has 0 bridgehead atoms. The first-order chi connectivity index (χ1) is 34.5. The molecular weight excluding hydrogens is 1070 g/mol. The maximum atomic E-state index is 9.31. The molecule has 0 amide bonds. The largest absolute Gasteiger partial charge is 0.437 e. The first-order valence-electron chi connectivity index (χ1n) is 28.0. The highest BCUT2D eigenvalue weighted by molar-refractivity contribution is 6.88. The summed E-state index contributed by atoms with van der Waals surface area (Å²) in [6.45, 7) is 50.7. The molecular formula is C51H118O18Si6. The van der Waals surface area contributed by atoms with Crippen LogP contribution in [0.3, 0.4) is 0 Å². The average molecular weight is 1190 g/mol. The highest BCUT2D eigenvalue weighted by Gasteiger charge is 2.40. The van der Waals surface area contributed by atoms with Crippen molar-refractivity contribution in [2.75, 3.05) is 85.9 Å². The van der Waals surface area contributed by atoms with Gasteiger partial charge in [-0.25, -0.2) is 4.89 Å². The van der Waals surface area contributed by atoms with Crippen LogP contribution in [0.4, 0.5) is 0 Å². The maximum absolute atomic E-state index is 9.31. The molecule has 0 saturated carbocycles. The molecule has 4 N–H and O–H groups in total. The van der Waals surface area contributed by atoms with Crippen LogP contribution in [0, 0.1) is 0 Å². The zero-order chi connectivity index (χ0) is 57.9. The Morgan fingerprint density at radius 1 is 0.387 bits per heavy atom.